The van der Waals surface area contributed by atoms with Crippen LogP contribution in [0.5, 0.6) is 0 Å². The van der Waals surface area contributed by atoms with Crippen molar-refractivity contribution in [1.29, 1.82) is 0 Å². The summed E-state index contributed by atoms with van der Waals surface area (Å²) in [5.41, 5.74) is 4.41. The summed E-state index contributed by atoms with van der Waals surface area (Å²) in [6.45, 7) is 7.25. The van der Waals surface area contributed by atoms with Crippen LogP contribution in [0.2, 0.25) is 0 Å². The number of carbonyl (C=O) groups is 2. The molecule has 2 aromatic rings. The largest absolute Gasteiger partial charge is 0.338 e. The fourth-order valence-electron chi connectivity index (χ4n) is 4.05. The molecule has 0 spiro atoms. The van der Waals surface area contributed by atoms with Gasteiger partial charge in [0.25, 0.3) is 5.91 Å². The highest BCUT2D eigenvalue weighted by molar-refractivity contribution is 5.93. The van der Waals surface area contributed by atoms with Crippen LogP contribution >= 0.6 is 0 Å². The van der Waals surface area contributed by atoms with Crippen molar-refractivity contribution in [2.75, 3.05) is 26.2 Å². The number of nitrogens with one attached hydrogen (secondary N) is 1. The summed E-state index contributed by atoms with van der Waals surface area (Å²) in [5, 5.41) is 11.4. The highest BCUT2D eigenvalue weighted by atomic mass is 16.2. The molecule has 3 amide bonds. The number of nitrogens with zero attached hydrogens (tertiary/aromatic N) is 5. The average molecular weight is 382 g/mol. The van der Waals surface area contributed by atoms with Crippen LogP contribution in [-0.2, 0) is 13.0 Å². The molecule has 0 radical (unpaired) electrons. The van der Waals surface area contributed by atoms with Crippen molar-refractivity contribution in [2.24, 2.45) is 0 Å². The predicted octanol–water partition coefficient (Wildman–Crippen LogP) is 1.90. The maximum Gasteiger partial charge on any atom is 0.317 e. The van der Waals surface area contributed by atoms with Crippen molar-refractivity contribution in [2.45, 2.75) is 39.7 Å². The number of benzene rings is 1. The number of amides is 3. The fraction of sp³-hybridized carbons (Fsp3) is 0.500. The minimum Gasteiger partial charge on any atom is -0.338 e. The second kappa shape index (κ2) is 7.61. The summed E-state index contributed by atoms with van der Waals surface area (Å²) < 4.78 is 1.77. The number of aromatic nitrogens is 3. The highest BCUT2D eigenvalue weighted by Crippen LogP contribution is 2.26. The Balaban J connectivity index is 1.62. The standard InChI is InChI=1S/C20H26N6O2/c1-3-21-20(28)25-12-9-16-15(13-25)7-6-8-17(16)26-14(2)18(22-23-26)19(27)24-10-4-5-11-24/h6-8H,3-5,9-13H2,1-2H3,(H,21,28). The SMILES string of the molecule is CCNC(=O)N1CCc2c(cccc2-n2nnc(C(=O)N3CCCC3)c2C)C1. The van der Waals surface area contributed by atoms with E-state index < -0.39 is 0 Å². The Hall–Kier alpha value is -2.90. The zero-order valence-corrected chi connectivity index (χ0v) is 16.4. The third-order valence-corrected chi connectivity index (χ3v) is 5.58. The normalized spacial score (nSPS) is 16.2. The van der Waals surface area contributed by atoms with E-state index in [-0.39, 0.29) is 11.9 Å². The van der Waals surface area contributed by atoms with E-state index in [1.165, 1.54) is 0 Å². The lowest BCUT2D eigenvalue weighted by Gasteiger charge is -2.30. The summed E-state index contributed by atoms with van der Waals surface area (Å²) in [6, 6.07) is 5.99. The van der Waals surface area contributed by atoms with Gasteiger partial charge in [-0.25, -0.2) is 9.48 Å². The van der Waals surface area contributed by atoms with Crippen molar-refractivity contribution in [3.8, 4) is 5.69 Å². The first-order valence-corrected chi connectivity index (χ1v) is 9.95. The van der Waals surface area contributed by atoms with Crippen molar-refractivity contribution < 1.29 is 9.59 Å². The van der Waals surface area contributed by atoms with E-state index in [0.717, 1.165) is 54.9 Å². The fourth-order valence-corrected chi connectivity index (χ4v) is 4.05. The molecule has 2 aliphatic rings. The highest BCUT2D eigenvalue weighted by Gasteiger charge is 2.27. The number of carbonyl (C=O) groups excluding carboxylic acids is 2. The van der Waals surface area contributed by atoms with E-state index in [4.69, 9.17) is 0 Å². The lowest BCUT2D eigenvalue weighted by atomic mass is 9.98. The average Bonchev–Trinajstić information content (AvgIpc) is 3.37. The van der Waals surface area contributed by atoms with Crippen LogP contribution in [0.1, 0.15) is 47.1 Å². The van der Waals surface area contributed by atoms with Gasteiger partial charge in [-0.3, -0.25) is 4.79 Å². The van der Waals surface area contributed by atoms with E-state index in [2.05, 4.69) is 15.6 Å². The molecule has 0 aliphatic carbocycles. The Morgan fingerprint density at radius 2 is 1.93 bits per heavy atom. The van der Waals surface area contributed by atoms with Crippen LogP contribution in [0.3, 0.4) is 0 Å². The molecule has 4 rings (SSSR count). The van der Waals surface area contributed by atoms with Crippen molar-refractivity contribution in [3.05, 3.63) is 40.7 Å². The minimum atomic E-state index is -0.0338. The molecular formula is C20H26N6O2. The van der Waals surface area contributed by atoms with Crippen LogP contribution < -0.4 is 5.32 Å². The Kier molecular flexibility index (Phi) is 5.02. The molecule has 1 N–H and O–H groups in total. The molecule has 0 saturated carbocycles. The van der Waals surface area contributed by atoms with Gasteiger partial charge in [-0.05, 0) is 50.3 Å². The quantitative estimate of drug-likeness (QED) is 0.879. The van der Waals surface area contributed by atoms with Gasteiger partial charge in [-0.1, -0.05) is 17.3 Å². The van der Waals surface area contributed by atoms with Crippen LogP contribution in [0.15, 0.2) is 18.2 Å². The second-order valence-electron chi connectivity index (χ2n) is 7.36. The number of hydrogen-bond donors (Lipinski definition) is 1. The van der Waals surface area contributed by atoms with E-state index in [1.54, 1.807) is 4.68 Å². The molecule has 0 atom stereocenters. The van der Waals surface area contributed by atoms with Crippen molar-refractivity contribution in [3.63, 3.8) is 0 Å². The molecule has 8 nitrogen and oxygen atoms in total. The summed E-state index contributed by atoms with van der Waals surface area (Å²) in [5.74, 6) is -0.0338. The van der Waals surface area contributed by atoms with Crippen LogP contribution in [0, 0.1) is 6.92 Å². The first-order valence-electron chi connectivity index (χ1n) is 9.95. The minimum absolute atomic E-state index is 0.0333. The number of hydrogen-bond acceptors (Lipinski definition) is 4. The Labute approximate surface area is 164 Å². The molecule has 1 saturated heterocycles. The molecule has 1 aromatic heterocycles. The maximum absolute atomic E-state index is 12.7. The van der Waals surface area contributed by atoms with Crippen molar-refractivity contribution in [1.82, 2.24) is 30.1 Å². The maximum atomic E-state index is 12.7. The van der Waals surface area contributed by atoms with Crippen LogP contribution in [-0.4, -0.2) is 62.9 Å². The monoisotopic (exact) mass is 382 g/mol. The molecule has 148 valence electrons. The molecule has 2 aliphatic heterocycles. The van der Waals surface area contributed by atoms with Gasteiger partial charge in [0, 0.05) is 32.7 Å². The van der Waals surface area contributed by atoms with Gasteiger partial charge in [0.1, 0.15) is 0 Å². The zero-order valence-electron chi connectivity index (χ0n) is 16.4. The number of urea groups is 1. The first kappa shape index (κ1) is 18.5. The van der Waals surface area contributed by atoms with Gasteiger partial charge in [0.2, 0.25) is 0 Å². The Morgan fingerprint density at radius 3 is 2.68 bits per heavy atom. The van der Waals surface area contributed by atoms with Gasteiger partial charge >= 0.3 is 6.03 Å². The Bertz CT molecular complexity index is 900. The van der Waals surface area contributed by atoms with Gasteiger partial charge in [-0.2, -0.15) is 0 Å². The lowest BCUT2D eigenvalue weighted by Crippen LogP contribution is -2.42. The number of rotatable bonds is 3. The van der Waals surface area contributed by atoms with Crippen LogP contribution in [0.25, 0.3) is 5.69 Å². The van der Waals surface area contributed by atoms with Gasteiger partial charge < -0.3 is 15.1 Å². The van der Waals surface area contributed by atoms with Gasteiger partial charge in [0.15, 0.2) is 5.69 Å². The molecule has 1 aromatic carbocycles. The Morgan fingerprint density at radius 1 is 1.14 bits per heavy atom. The summed E-state index contributed by atoms with van der Waals surface area (Å²) in [7, 11) is 0. The topological polar surface area (TPSA) is 83.4 Å². The summed E-state index contributed by atoms with van der Waals surface area (Å²) in [4.78, 5) is 28.6. The predicted molar refractivity (Wildman–Crippen MR) is 104 cm³/mol. The van der Waals surface area contributed by atoms with Crippen LogP contribution in [0.4, 0.5) is 4.79 Å². The number of fused-ring (bicyclic) bond motifs is 1. The third kappa shape index (κ3) is 3.23. The molecular weight excluding hydrogens is 356 g/mol. The van der Waals surface area contributed by atoms with E-state index in [9.17, 15) is 9.59 Å². The summed E-state index contributed by atoms with van der Waals surface area (Å²) in [6.07, 6.45) is 2.85. The van der Waals surface area contributed by atoms with E-state index in [1.807, 2.05) is 41.8 Å². The summed E-state index contributed by atoms with van der Waals surface area (Å²) >= 11 is 0. The van der Waals surface area contributed by atoms with Gasteiger partial charge in [-0.15, -0.1) is 5.10 Å². The van der Waals surface area contributed by atoms with E-state index in [0.29, 0.717) is 25.3 Å². The molecule has 1 fully saturated rings. The first-order chi connectivity index (χ1) is 13.6. The van der Waals surface area contributed by atoms with Gasteiger partial charge in [0.05, 0.1) is 11.4 Å². The third-order valence-electron chi connectivity index (χ3n) is 5.58. The van der Waals surface area contributed by atoms with Crippen molar-refractivity contribution >= 4 is 11.9 Å². The van der Waals surface area contributed by atoms with E-state index >= 15 is 0 Å². The molecule has 8 heteroatoms. The molecule has 3 heterocycles. The second-order valence-corrected chi connectivity index (χ2v) is 7.36. The number of likely N-dealkylation sites (tertiary alicyclic amines) is 1. The molecule has 28 heavy (non-hydrogen) atoms. The molecule has 0 unspecified atom stereocenters. The smallest absolute Gasteiger partial charge is 0.317 e. The zero-order chi connectivity index (χ0) is 19.7. The molecule has 0 bridgehead atoms. The lowest BCUT2D eigenvalue weighted by molar-refractivity contribution is 0.0786.